The molecule has 0 bridgehead atoms. The fourth-order valence-corrected chi connectivity index (χ4v) is 4.96. The van der Waals surface area contributed by atoms with Crippen LogP contribution in [0, 0.1) is 0 Å². The lowest BCUT2D eigenvalue weighted by Gasteiger charge is -2.37. The van der Waals surface area contributed by atoms with Gasteiger partial charge < -0.3 is 15.5 Å². The zero-order valence-electron chi connectivity index (χ0n) is 22.5. The number of halogens is 1. The number of nitrogens with one attached hydrogen (secondary N) is 3. The van der Waals surface area contributed by atoms with Crippen molar-refractivity contribution in [3.05, 3.63) is 82.9 Å². The molecule has 210 valence electrons. The molecule has 4 rings (SSSR count). The SMILES string of the molecule is CNC(=O)c1ccc(N2CCN(Cc3ccccc3-c3ccc(Cl)cc3)CC2)c(NC(=O)CCCC(=O)NO)c1. The Bertz CT molecular complexity index is 1340. The van der Waals surface area contributed by atoms with Crippen molar-refractivity contribution in [2.75, 3.05) is 43.4 Å². The zero-order chi connectivity index (χ0) is 28.5. The van der Waals surface area contributed by atoms with Crippen LogP contribution in [0.4, 0.5) is 11.4 Å². The van der Waals surface area contributed by atoms with Gasteiger partial charge in [0.1, 0.15) is 0 Å². The Labute approximate surface area is 239 Å². The summed E-state index contributed by atoms with van der Waals surface area (Å²) in [6.07, 6.45) is 0.439. The van der Waals surface area contributed by atoms with Crippen molar-refractivity contribution in [1.82, 2.24) is 15.7 Å². The van der Waals surface area contributed by atoms with Gasteiger partial charge in [0.2, 0.25) is 11.8 Å². The molecule has 0 atom stereocenters. The fraction of sp³-hybridized carbons (Fsp3) is 0.300. The highest BCUT2D eigenvalue weighted by atomic mass is 35.5. The average molecular weight is 564 g/mol. The molecule has 0 aliphatic carbocycles. The van der Waals surface area contributed by atoms with E-state index in [1.165, 1.54) is 11.1 Å². The average Bonchev–Trinajstić information content (AvgIpc) is 2.98. The lowest BCUT2D eigenvalue weighted by molar-refractivity contribution is -0.129. The first-order valence-electron chi connectivity index (χ1n) is 13.3. The number of rotatable bonds is 10. The molecule has 3 amide bonds. The Hall–Kier alpha value is -3.92. The van der Waals surface area contributed by atoms with Crippen LogP contribution in [-0.2, 0) is 16.1 Å². The van der Waals surface area contributed by atoms with Crippen molar-refractivity contribution in [3.8, 4) is 11.1 Å². The maximum absolute atomic E-state index is 12.7. The second kappa shape index (κ2) is 13.9. The van der Waals surface area contributed by atoms with Gasteiger partial charge in [-0.2, -0.15) is 0 Å². The largest absolute Gasteiger partial charge is 0.367 e. The van der Waals surface area contributed by atoms with Crippen LogP contribution < -0.4 is 21.0 Å². The number of anilines is 2. The monoisotopic (exact) mass is 563 g/mol. The van der Waals surface area contributed by atoms with E-state index in [2.05, 4.69) is 38.6 Å². The van der Waals surface area contributed by atoms with Gasteiger partial charge in [-0.1, -0.05) is 48.0 Å². The van der Waals surface area contributed by atoms with E-state index in [0.717, 1.165) is 44.0 Å². The van der Waals surface area contributed by atoms with E-state index in [1.54, 1.807) is 24.7 Å². The number of benzene rings is 3. The van der Waals surface area contributed by atoms with Crippen LogP contribution in [0.2, 0.25) is 5.02 Å². The maximum Gasteiger partial charge on any atom is 0.251 e. The lowest BCUT2D eigenvalue weighted by atomic mass is 9.99. The smallest absolute Gasteiger partial charge is 0.251 e. The van der Waals surface area contributed by atoms with Crippen molar-refractivity contribution in [3.63, 3.8) is 0 Å². The Balaban J connectivity index is 1.44. The molecular weight excluding hydrogens is 530 g/mol. The highest BCUT2D eigenvalue weighted by Gasteiger charge is 2.22. The van der Waals surface area contributed by atoms with Gasteiger partial charge in [-0.05, 0) is 53.4 Å². The molecular formula is C30H34ClN5O4. The van der Waals surface area contributed by atoms with Gasteiger partial charge in [-0.25, -0.2) is 5.48 Å². The maximum atomic E-state index is 12.7. The van der Waals surface area contributed by atoms with Gasteiger partial charge in [0.15, 0.2) is 0 Å². The molecule has 1 aliphatic heterocycles. The number of carbonyl (C=O) groups excluding carboxylic acids is 3. The highest BCUT2D eigenvalue weighted by Crippen LogP contribution is 2.30. The molecule has 3 aromatic carbocycles. The van der Waals surface area contributed by atoms with Crippen LogP contribution in [0.15, 0.2) is 66.7 Å². The van der Waals surface area contributed by atoms with E-state index in [0.29, 0.717) is 22.7 Å². The molecule has 10 heteroatoms. The number of hydroxylamine groups is 1. The molecule has 1 saturated heterocycles. The van der Waals surface area contributed by atoms with Crippen LogP contribution in [0.25, 0.3) is 11.1 Å². The first-order chi connectivity index (χ1) is 19.4. The molecule has 0 spiro atoms. The number of hydrogen-bond donors (Lipinski definition) is 4. The molecule has 9 nitrogen and oxygen atoms in total. The third-order valence-electron chi connectivity index (χ3n) is 6.97. The topological polar surface area (TPSA) is 114 Å². The van der Waals surface area contributed by atoms with Crippen LogP contribution in [0.1, 0.15) is 35.2 Å². The van der Waals surface area contributed by atoms with Crippen molar-refractivity contribution in [2.24, 2.45) is 0 Å². The molecule has 1 fully saturated rings. The van der Waals surface area contributed by atoms with Crippen LogP contribution in [0.5, 0.6) is 0 Å². The summed E-state index contributed by atoms with van der Waals surface area (Å²) in [6.45, 7) is 3.98. The van der Waals surface area contributed by atoms with Gasteiger partial charge in [0.25, 0.3) is 5.91 Å². The molecule has 1 heterocycles. The predicted octanol–water partition coefficient (Wildman–Crippen LogP) is 4.30. The predicted molar refractivity (Wildman–Crippen MR) is 157 cm³/mol. The molecule has 0 aromatic heterocycles. The summed E-state index contributed by atoms with van der Waals surface area (Å²) in [6, 6.07) is 21.6. The normalized spacial score (nSPS) is 13.5. The number of hydrogen-bond acceptors (Lipinski definition) is 6. The van der Waals surface area contributed by atoms with Gasteiger partial charge in [0.05, 0.1) is 11.4 Å². The summed E-state index contributed by atoms with van der Waals surface area (Å²) in [7, 11) is 1.56. The fourth-order valence-electron chi connectivity index (χ4n) is 4.83. The van der Waals surface area contributed by atoms with E-state index in [4.69, 9.17) is 16.8 Å². The molecule has 1 aliphatic rings. The summed E-state index contributed by atoms with van der Waals surface area (Å²) in [5.74, 6) is -1.05. The zero-order valence-corrected chi connectivity index (χ0v) is 23.2. The van der Waals surface area contributed by atoms with Crippen LogP contribution >= 0.6 is 11.6 Å². The minimum absolute atomic E-state index is 0.0398. The number of piperazine rings is 1. The van der Waals surface area contributed by atoms with Crippen molar-refractivity contribution in [1.29, 1.82) is 0 Å². The number of amides is 3. The Kier molecular flexibility index (Phi) is 10.1. The lowest BCUT2D eigenvalue weighted by Crippen LogP contribution is -2.46. The molecule has 40 heavy (non-hydrogen) atoms. The minimum atomic E-state index is -0.538. The number of carbonyl (C=O) groups is 3. The molecule has 3 aromatic rings. The molecule has 4 N–H and O–H groups in total. The summed E-state index contributed by atoms with van der Waals surface area (Å²) in [5.41, 5.74) is 6.98. The summed E-state index contributed by atoms with van der Waals surface area (Å²) < 4.78 is 0. The molecule has 0 radical (unpaired) electrons. The first kappa shape index (κ1) is 29.1. The van der Waals surface area contributed by atoms with E-state index in [-0.39, 0.29) is 24.7 Å². The summed E-state index contributed by atoms with van der Waals surface area (Å²) in [5, 5.41) is 14.9. The van der Waals surface area contributed by atoms with Crippen molar-refractivity contribution >= 4 is 40.7 Å². The second-order valence-corrected chi connectivity index (χ2v) is 10.1. The highest BCUT2D eigenvalue weighted by molar-refractivity contribution is 6.30. The van der Waals surface area contributed by atoms with Crippen LogP contribution in [-0.4, -0.2) is 61.1 Å². The molecule has 0 unspecified atom stereocenters. The summed E-state index contributed by atoms with van der Waals surface area (Å²) in [4.78, 5) is 40.8. The van der Waals surface area contributed by atoms with Crippen molar-refractivity contribution in [2.45, 2.75) is 25.8 Å². The van der Waals surface area contributed by atoms with Crippen LogP contribution in [0.3, 0.4) is 0 Å². The minimum Gasteiger partial charge on any atom is -0.367 e. The van der Waals surface area contributed by atoms with E-state index in [9.17, 15) is 14.4 Å². The van der Waals surface area contributed by atoms with E-state index in [1.807, 2.05) is 36.4 Å². The third kappa shape index (κ3) is 7.59. The quantitative estimate of drug-likeness (QED) is 0.216. The van der Waals surface area contributed by atoms with Gasteiger partial charge in [0, 0.05) is 63.2 Å². The molecule has 0 saturated carbocycles. The van der Waals surface area contributed by atoms with E-state index < -0.39 is 5.91 Å². The van der Waals surface area contributed by atoms with Crippen molar-refractivity contribution < 1.29 is 19.6 Å². The first-order valence-corrected chi connectivity index (χ1v) is 13.7. The number of nitrogens with zero attached hydrogens (tertiary/aromatic N) is 2. The Morgan fingerprint density at radius 3 is 2.30 bits per heavy atom. The van der Waals surface area contributed by atoms with E-state index >= 15 is 0 Å². The van der Waals surface area contributed by atoms with Gasteiger partial charge in [-0.3, -0.25) is 24.5 Å². The van der Waals surface area contributed by atoms with Gasteiger partial charge in [-0.15, -0.1) is 0 Å². The summed E-state index contributed by atoms with van der Waals surface area (Å²) >= 11 is 6.09. The second-order valence-electron chi connectivity index (χ2n) is 9.67. The van der Waals surface area contributed by atoms with Gasteiger partial charge >= 0.3 is 0 Å². The third-order valence-corrected chi connectivity index (χ3v) is 7.22. The Morgan fingerprint density at radius 1 is 0.900 bits per heavy atom. The Morgan fingerprint density at radius 2 is 1.60 bits per heavy atom. The standard InChI is InChI=1S/C30H34ClN5O4/c1-32-30(39)22-11-14-27(26(19-22)33-28(37)7-4-8-29(38)34-40)36-17-15-35(16-18-36)20-23-5-2-3-6-25(23)21-9-12-24(31)13-10-21/h2-3,5-6,9-14,19,40H,4,7-8,15-18,20H2,1H3,(H,32,39)(H,33,37)(H,34,38).